The average molecular weight is 420 g/mol. The highest BCUT2D eigenvalue weighted by molar-refractivity contribution is 6.34. The van der Waals surface area contributed by atoms with Gasteiger partial charge in [-0.15, -0.1) is 0 Å². The van der Waals surface area contributed by atoms with Crippen LogP contribution < -0.4 is 5.32 Å². The molecule has 0 saturated carbocycles. The first-order chi connectivity index (χ1) is 13.0. The maximum Gasteiger partial charge on any atom is 0.436 e. The number of aromatic nitrogens is 2. The molecule has 0 fully saturated rings. The number of amides is 1. The zero-order valence-corrected chi connectivity index (χ0v) is 15.4. The summed E-state index contributed by atoms with van der Waals surface area (Å²) in [5.41, 5.74) is -2.22. The third-order valence-electron chi connectivity index (χ3n) is 3.51. The van der Waals surface area contributed by atoms with E-state index in [0.29, 0.717) is 4.68 Å². The first-order valence-electron chi connectivity index (χ1n) is 7.42. The Balaban J connectivity index is 2.45. The Morgan fingerprint density at radius 3 is 1.96 bits per heavy atom. The molecule has 2 rings (SSSR count). The molecule has 1 heterocycles. The number of hydrogen-bond donors (Lipinski definition) is 1. The van der Waals surface area contributed by atoms with E-state index in [1.807, 2.05) is 0 Å². The normalized spacial score (nSPS) is 11.1. The maximum atomic E-state index is 12.9. The van der Waals surface area contributed by atoms with Gasteiger partial charge in [0, 0.05) is 12.7 Å². The summed E-state index contributed by atoms with van der Waals surface area (Å²) >= 11 is 5.67. The highest BCUT2D eigenvalue weighted by Gasteiger charge is 2.39. The van der Waals surface area contributed by atoms with E-state index in [1.54, 1.807) is 0 Å². The summed E-state index contributed by atoms with van der Waals surface area (Å²) in [6, 6.07) is 3.52. The minimum atomic E-state index is -4.85. The molecule has 8 nitrogen and oxygen atoms in total. The monoisotopic (exact) mass is 419 g/mol. The van der Waals surface area contributed by atoms with E-state index in [2.05, 4.69) is 19.9 Å². The van der Waals surface area contributed by atoms with Crippen molar-refractivity contribution in [1.82, 2.24) is 9.78 Å². The van der Waals surface area contributed by atoms with Gasteiger partial charge in [-0.05, 0) is 18.2 Å². The Morgan fingerprint density at radius 1 is 1.07 bits per heavy atom. The SMILES string of the molecule is COC(=O)c1cc(NC(=O)c2c(Cl)c(C(F)(F)F)nn2C)cc(C(=O)OC)c1. The molecule has 150 valence electrons. The van der Waals surface area contributed by atoms with Crippen LogP contribution in [0.2, 0.25) is 5.02 Å². The zero-order valence-electron chi connectivity index (χ0n) is 14.7. The Bertz CT molecular complexity index is 921. The van der Waals surface area contributed by atoms with Gasteiger partial charge in [0.1, 0.15) is 10.7 Å². The number of halogens is 4. The molecule has 0 aliphatic carbocycles. The van der Waals surface area contributed by atoms with Crippen LogP contribution in [0.3, 0.4) is 0 Å². The quantitative estimate of drug-likeness (QED) is 0.765. The van der Waals surface area contributed by atoms with Crippen molar-refractivity contribution < 1.29 is 37.0 Å². The number of benzene rings is 1. The van der Waals surface area contributed by atoms with Gasteiger partial charge < -0.3 is 14.8 Å². The molecule has 1 N–H and O–H groups in total. The number of aryl methyl sites for hydroxylation is 1. The minimum Gasteiger partial charge on any atom is -0.465 e. The summed E-state index contributed by atoms with van der Waals surface area (Å²) < 4.78 is 48.5. The number of rotatable bonds is 4. The molecule has 2 aromatic rings. The number of methoxy groups -OCH3 is 2. The van der Waals surface area contributed by atoms with E-state index in [4.69, 9.17) is 11.6 Å². The molecule has 0 aliphatic rings. The van der Waals surface area contributed by atoms with Crippen LogP contribution in [0.4, 0.5) is 18.9 Å². The number of carbonyl (C=O) groups excluding carboxylic acids is 3. The predicted molar refractivity (Wildman–Crippen MR) is 90.3 cm³/mol. The molecule has 0 unspecified atom stereocenters. The van der Waals surface area contributed by atoms with Gasteiger partial charge in [0.2, 0.25) is 0 Å². The summed E-state index contributed by atoms with van der Waals surface area (Å²) in [7, 11) is 3.33. The van der Waals surface area contributed by atoms with Crippen LogP contribution in [0.15, 0.2) is 18.2 Å². The van der Waals surface area contributed by atoms with Crippen molar-refractivity contribution in [1.29, 1.82) is 0 Å². The number of nitrogens with one attached hydrogen (secondary N) is 1. The summed E-state index contributed by atoms with van der Waals surface area (Å²) in [6.45, 7) is 0. The van der Waals surface area contributed by atoms with Gasteiger partial charge in [-0.3, -0.25) is 9.48 Å². The molecule has 0 aliphatic heterocycles. The lowest BCUT2D eigenvalue weighted by atomic mass is 10.1. The molecule has 0 atom stereocenters. The maximum absolute atomic E-state index is 12.9. The van der Waals surface area contributed by atoms with Gasteiger partial charge in [0.25, 0.3) is 5.91 Å². The van der Waals surface area contributed by atoms with Crippen molar-refractivity contribution >= 4 is 35.1 Å². The fraction of sp³-hybridized carbons (Fsp3) is 0.250. The van der Waals surface area contributed by atoms with Crippen LogP contribution in [-0.2, 0) is 22.7 Å². The Labute approximate surface area is 161 Å². The Hall–Kier alpha value is -3.08. The third kappa shape index (κ3) is 4.25. The van der Waals surface area contributed by atoms with Crippen LogP contribution >= 0.6 is 11.6 Å². The lowest BCUT2D eigenvalue weighted by molar-refractivity contribution is -0.141. The number of carbonyl (C=O) groups is 3. The summed E-state index contributed by atoms with van der Waals surface area (Å²) in [6.07, 6.45) is -4.85. The highest BCUT2D eigenvalue weighted by atomic mass is 35.5. The first-order valence-corrected chi connectivity index (χ1v) is 7.80. The molecular formula is C16H13ClF3N3O5. The molecule has 0 radical (unpaired) electrons. The van der Waals surface area contributed by atoms with Crippen LogP contribution in [0, 0.1) is 0 Å². The van der Waals surface area contributed by atoms with E-state index < -0.39 is 40.4 Å². The molecule has 0 spiro atoms. The van der Waals surface area contributed by atoms with Crippen LogP contribution in [0.5, 0.6) is 0 Å². The van der Waals surface area contributed by atoms with E-state index in [0.717, 1.165) is 21.3 Å². The van der Waals surface area contributed by atoms with Gasteiger partial charge in [-0.25, -0.2) is 9.59 Å². The minimum absolute atomic E-state index is 0.0703. The number of esters is 2. The van der Waals surface area contributed by atoms with Gasteiger partial charge in [0.15, 0.2) is 5.69 Å². The standard InChI is InChI=1S/C16H13ClF3N3O5/c1-23-11(10(17)12(22-23)16(18,19)20)13(24)21-9-5-7(14(25)27-2)4-8(6-9)15(26)28-3/h4-6H,1-3H3,(H,21,24). The molecule has 28 heavy (non-hydrogen) atoms. The van der Waals surface area contributed by atoms with Crippen LogP contribution in [0.25, 0.3) is 0 Å². The fourth-order valence-corrected chi connectivity index (χ4v) is 2.64. The Kier molecular flexibility index (Phi) is 5.98. The van der Waals surface area contributed by atoms with Gasteiger partial charge in [-0.2, -0.15) is 18.3 Å². The van der Waals surface area contributed by atoms with Gasteiger partial charge >= 0.3 is 18.1 Å². The number of anilines is 1. The third-order valence-corrected chi connectivity index (χ3v) is 3.86. The zero-order chi connectivity index (χ0) is 21.2. The largest absolute Gasteiger partial charge is 0.465 e. The first kappa shape index (κ1) is 21.2. The topological polar surface area (TPSA) is 99.5 Å². The lowest BCUT2D eigenvalue weighted by Gasteiger charge is -2.10. The summed E-state index contributed by atoms with van der Waals surface area (Å²) in [5.74, 6) is -2.65. The fourth-order valence-electron chi connectivity index (χ4n) is 2.29. The Morgan fingerprint density at radius 2 is 1.57 bits per heavy atom. The van der Waals surface area contributed by atoms with E-state index in [9.17, 15) is 27.6 Å². The molecule has 0 bridgehead atoms. The predicted octanol–water partition coefficient (Wildman–Crippen LogP) is 2.92. The second-order valence-electron chi connectivity index (χ2n) is 5.37. The van der Waals surface area contributed by atoms with Gasteiger partial charge in [0.05, 0.1) is 25.3 Å². The molecule has 12 heteroatoms. The smallest absolute Gasteiger partial charge is 0.436 e. The van der Waals surface area contributed by atoms with E-state index >= 15 is 0 Å². The van der Waals surface area contributed by atoms with Gasteiger partial charge in [-0.1, -0.05) is 11.6 Å². The lowest BCUT2D eigenvalue weighted by Crippen LogP contribution is -2.17. The van der Waals surface area contributed by atoms with Crippen LogP contribution in [-0.4, -0.2) is 41.8 Å². The van der Waals surface area contributed by atoms with E-state index in [-0.39, 0.29) is 16.8 Å². The van der Waals surface area contributed by atoms with Crippen molar-refractivity contribution in [2.45, 2.75) is 6.18 Å². The molecule has 1 aromatic heterocycles. The summed E-state index contributed by atoms with van der Waals surface area (Å²) in [5, 5.41) is 4.60. The molecule has 0 saturated heterocycles. The van der Waals surface area contributed by atoms with Crippen molar-refractivity contribution in [3.8, 4) is 0 Å². The second kappa shape index (κ2) is 7.89. The van der Waals surface area contributed by atoms with Crippen molar-refractivity contribution in [3.63, 3.8) is 0 Å². The van der Waals surface area contributed by atoms with Crippen LogP contribution in [0.1, 0.15) is 36.9 Å². The molecule has 1 aromatic carbocycles. The number of nitrogens with zero attached hydrogens (tertiary/aromatic N) is 2. The molecular weight excluding hydrogens is 407 g/mol. The van der Waals surface area contributed by atoms with Crippen molar-refractivity contribution in [2.24, 2.45) is 7.05 Å². The highest BCUT2D eigenvalue weighted by Crippen LogP contribution is 2.35. The van der Waals surface area contributed by atoms with E-state index in [1.165, 1.54) is 18.2 Å². The summed E-state index contributed by atoms with van der Waals surface area (Å²) in [4.78, 5) is 36.0. The molecule has 1 amide bonds. The average Bonchev–Trinajstić information content (AvgIpc) is 2.94. The van der Waals surface area contributed by atoms with Crippen molar-refractivity contribution in [3.05, 3.63) is 45.7 Å². The second-order valence-corrected chi connectivity index (χ2v) is 5.75. The number of ether oxygens (including phenoxy) is 2. The number of hydrogen-bond acceptors (Lipinski definition) is 6. The van der Waals surface area contributed by atoms with Crippen molar-refractivity contribution in [2.75, 3.05) is 19.5 Å². The number of alkyl halides is 3.